The summed E-state index contributed by atoms with van der Waals surface area (Å²) in [6.07, 6.45) is 4.53. The minimum Gasteiger partial charge on any atom is -0.455 e. The van der Waals surface area contributed by atoms with E-state index in [9.17, 15) is 9.59 Å². The number of nitrogens with zero attached hydrogens (tertiary/aromatic N) is 2. The van der Waals surface area contributed by atoms with Crippen molar-refractivity contribution in [3.63, 3.8) is 0 Å². The Morgan fingerprint density at radius 3 is 2.81 bits per heavy atom. The SMILES string of the molecule is O=C(NCc1cccnc1)C(=O)N/N=C/c1ccc(-c2cccc(Cl)c2)o1. The quantitative estimate of drug-likeness (QED) is 0.403. The molecular formula is C19H15ClN4O3. The number of hydrogen-bond donors (Lipinski definition) is 2. The van der Waals surface area contributed by atoms with Crippen LogP contribution in [-0.4, -0.2) is 23.0 Å². The largest absolute Gasteiger partial charge is 0.455 e. The van der Waals surface area contributed by atoms with Gasteiger partial charge in [-0.2, -0.15) is 5.10 Å². The molecule has 0 aliphatic heterocycles. The van der Waals surface area contributed by atoms with Gasteiger partial charge in [-0.15, -0.1) is 0 Å². The van der Waals surface area contributed by atoms with Crippen molar-refractivity contribution in [2.45, 2.75) is 6.54 Å². The summed E-state index contributed by atoms with van der Waals surface area (Å²) < 4.78 is 5.61. The van der Waals surface area contributed by atoms with Crippen LogP contribution in [0, 0.1) is 0 Å². The van der Waals surface area contributed by atoms with Gasteiger partial charge in [0.15, 0.2) is 0 Å². The lowest BCUT2D eigenvalue weighted by Gasteiger charge is -2.03. The van der Waals surface area contributed by atoms with E-state index in [2.05, 4.69) is 20.8 Å². The Hall–Kier alpha value is -3.45. The highest BCUT2D eigenvalue weighted by Gasteiger charge is 2.12. The second-order valence-electron chi connectivity index (χ2n) is 5.46. The zero-order valence-corrected chi connectivity index (χ0v) is 14.8. The smallest absolute Gasteiger partial charge is 0.329 e. The maximum atomic E-state index is 11.7. The second-order valence-corrected chi connectivity index (χ2v) is 5.89. The van der Waals surface area contributed by atoms with Gasteiger partial charge in [-0.05, 0) is 35.9 Å². The number of hydrogen-bond acceptors (Lipinski definition) is 5. The Morgan fingerprint density at radius 2 is 2.04 bits per heavy atom. The third-order valence-corrected chi connectivity index (χ3v) is 3.71. The first-order chi connectivity index (χ1) is 13.1. The van der Waals surface area contributed by atoms with Crippen LogP contribution in [0.5, 0.6) is 0 Å². The van der Waals surface area contributed by atoms with E-state index < -0.39 is 11.8 Å². The van der Waals surface area contributed by atoms with Crippen molar-refractivity contribution in [1.82, 2.24) is 15.7 Å². The maximum Gasteiger partial charge on any atom is 0.329 e. The third-order valence-electron chi connectivity index (χ3n) is 3.48. The summed E-state index contributed by atoms with van der Waals surface area (Å²) >= 11 is 5.96. The molecule has 3 aromatic rings. The first kappa shape index (κ1) is 18.3. The third kappa shape index (κ3) is 5.26. The lowest BCUT2D eigenvalue weighted by atomic mass is 10.2. The van der Waals surface area contributed by atoms with Crippen LogP contribution in [0.25, 0.3) is 11.3 Å². The van der Waals surface area contributed by atoms with E-state index in [4.69, 9.17) is 16.0 Å². The van der Waals surface area contributed by atoms with E-state index in [0.29, 0.717) is 16.5 Å². The highest BCUT2D eigenvalue weighted by atomic mass is 35.5. The van der Waals surface area contributed by atoms with Gasteiger partial charge in [0, 0.05) is 29.5 Å². The van der Waals surface area contributed by atoms with Gasteiger partial charge < -0.3 is 9.73 Å². The van der Waals surface area contributed by atoms with Crippen molar-refractivity contribution in [3.05, 3.63) is 77.3 Å². The molecule has 0 radical (unpaired) electrons. The van der Waals surface area contributed by atoms with Crippen LogP contribution >= 0.6 is 11.6 Å². The summed E-state index contributed by atoms with van der Waals surface area (Å²) in [6.45, 7) is 0.199. The van der Waals surface area contributed by atoms with Crippen LogP contribution in [-0.2, 0) is 16.1 Å². The van der Waals surface area contributed by atoms with E-state index in [1.807, 2.05) is 12.1 Å². The van der Waals surface area contributed by atoms with Crippen molar-refractivity contribution in [2.24, 2.45) is 5.10 Å². The van der Waals surface area contributed by atoms with E-state index in [1.165, 1.54) is 6.21 Å². The Morgan fingerprint density at radius 1 is 1.15 bits per heavy atom. The molecule has 2 N–H and O–H groups in total. The molecule has 7 nitrogen and oxygen atoms in total. The van der Waals surface area contributed by atoms with Crippen molar-refractivity contribution in [1.29, 1.82) is 0 Å². The number of nitrogens with one attached hydrogen (secondary N) is 2. The van der Waals surface area contributed by atoms with Gasteiger partial charge in [0.05, 0.1) is 6.21 Å². The molecule has 0 atom stereocenters. The molecule has 3 rings (SSSR count). The summed E-state index contributed by atoms with van der Waals surface area (Å²) in [6, 6.07) is 14.2. The fraction of sp³-hybridized carbons (Fsp3) is 0.0526. The zero-order valence-electron chi connectivity index (χ0n) is 14.1. The van der Waals surface area contributed by atoms with E-state index in [0.717, 1.165) is 11.1 Å². The van der Waals surface area contributed by atoms with Crippen LogP contribution in [0.15, 0.2) is 70.4 Å². The number of carbonyl (C=O) groups excluding carboxylic acids is 2. The van der Waals surface area contributed by atoms with Crippen LogP contribution in [0.2, 0.25) is 5.02 Å². The first-order valence-corrected chi connectivity index (χ1v) is 8.35. The van der Waals surface area contributed by atoms with Crippen molar-refractivity contribution in [3.8, 4) is 11.3 Å². The van der Waals surface area contributed by atoms with Gasteiger partial charge in [0.25, 0.3) is 0 Å². The van der Waals surface area contributed by atoms with Gasteiger partial charge in [-0.1, -0.05) is 29.8 Å². The summed E-state index contributed by atoms with van der Waals surface area (Å²) in [5.41, 5.74) is 3.75. The molecule has 0 fully saturated rings. The minimum absolute atomic E-state index is 0.199. The molecule has 0 aliphatic carbocycles. The summed E-state index contributed by atoms with van der Waals surface area (Å²) in [7, 11) is 0. The average molecular weight is 383 g/mol. The lowest BCUT2D eigenvalue weighted by molar-refractivity contribution is -0.139. The summed E-state index contributed by atoms with van der Waals surface area (Å²) in [5, 5.41) is 6.80. The normalized spacial score (nSPS) is 10.7. The molecular weight excluding hydrogens is 368 g/mol. The van der Waals surface area contributed by atoms with Crippen molar-refractivity contribution in [2.75, 3.05) is 0 Å². The molecule has 2 heterocycles. The van der Waals surface area contributed by atoms with E-state index in [-0.39, 0.29) is 6.54 Å². The number of benzene rings is 1. The average Bonchev–Trinajstić information content (AvgIpc) is 3.16. The van der Waals surface area contributed by atoms with Gasteiger partial charge in [0.2, 0.25) is 0 Å². The van der Waals surface area contributed by atoms with Gasteiger partial charge in [0.1, 0.15) is 11.5 Å². The zero-order chi connectivity index (χ0) is 19.1. The number of amides is 2. The van der Waals surface area contributed by atoms with Gasteiger partial charge in [-0.3, -0.25) is 14.6 Å². The molecule has 0 unspecified atom stereocenters. The second kappa shape index (κ2) is 8.77. The number of carbonyl (C=O) groups is 2. The highest BCUT2D eigenvalue weighted by molar-refractivity contribution is 6.35. The lowest BCUT2D eigenvalue weighted by Crippen LogP contribution is -2.37. The molecule has 27 heavy (non-hydrogen) atoms. The Kier molecular flexibility index (Phi) is 5.96. The summed E-state index contributed by atoms with van der Waals surface area (Å²) in [4.78, 5) is 27.4. The maximum absolute atomic E-state index is 11.7. The van der Waals surface area contributed by atoms with Crippen LogP contribution in [0.4, 0.5) is 0 Å². The molecule has 1 aromatic carbocycles. The van der Waals surface area contributed by atoms with E-state index >= 15 is 0 Å². The minimum atomic E-state index is -0.878. The molecule has 0 saturated heterocycles. The van der Waals surface area contributed by atoms with Crippen LogP contribution in [0.3, 0.4) is 0 Å². The van der Waals surface area contributed by atoms with Crippen LogP contribution < -0.4 is 10.7 Å². The standard InChI is InChI=1S/C19H15ClN4O3/c20-15-5-1-4-14(9-15)17-7-6-16(27-17)12-23-24-19(26)18(25)22-11-13-3-2-8-21-10-13/h1-10,12H,11H2,(H,22,25)(H,24,26)/b23-12+. The highest BCUT2D eigenvalue weighted by Crippen LogP contribution is 2.24. The molecule has 8 heteroatoms. The van der Waals surface area contributed by atoms with Gasteiger partial charge >= 0.3 is 11.8 Å². The number of aromatic nitrogens is 1. The number of furan rings is 1. The topological polar surface area (TPSA) is 96.6 Å². The van der Waals surface area contributed by atoms with Crippen LogP contribution in [0.1, 0.15) is 11.3 Å². The molecule has 2 aromatic heterocycles. The fourth-order valence-electron chi connectivity index (χ4n) is 2.19. The fourth-order valence-corrected chi connectivity index (χ4v) is 2.38. The number of hydrazone groups is 1. The Labute approximate surface area is 160 Å². The molecule has 0 bridgehead atoms. The predicted molar refractivity (Wildman–Crippen MR) is 101 cm³/mol. The number of rotatable bonds is 5. The Balaban J connectivity index is 1.51. The first-order valence-electron chi connectivity index (χ1n) is 7.98. The summed E-state index contributed by atoms with van der Waals surface area (Å²) in [5.74, 6) is -0.646. The predicted octanol–water partition coefficient (Wildman–Crippen LogP) is 2.76. The molecule has 136 valence electrons. The van der Waals surface area contributed by atoms with E-state index in [1.54, 1.807) is 48.8 Å². The Bertz CT molecular complexity index is 970. The van der Waals surface area contributed by atoms with Crippen molar-refractivity contribution >= 4 is 29.6 Å². The monoisotopic (exact) mass is 382 g/mol. The molecule has 0 spiro atoms. The van der Waals surface area contributed by atoms with Gasteiger partial charge in [-0.25, -0.2) is 5.43 Å². The molecule has 0 aliphatic rings. The number of halogens is 1. The molecule has 2 amide bonds. The number of pyridine rings is 1. The molecule has 0 saturated carbocycles. The van der Waals surface area contributed by atoms with Crippen molar-refractivity contribution < 1.29 is 14.0 Å².